The third kappa shape index (κ3) is 4.06. The molecule has 0 spiro atoms. The summed E-state index contributed by atoms with van der Waals surface area (Å²) in [6.07, 6.45) is 0.739. The van der Waals surface area contributed by atoms with Crippen LogP contribution < -0.4 is 15.4 Å². The lowest BCUT2D eigenvalue weighted by molar-refractivity contribution is -0.0493. The van der Waals surface area contributed by atoms with Crippen LogP contribution in [0.2, 0.25) is 0 Å². The summed E-state index contributed by atoms with van der Waals surface area (Å²) in [7, 11) is 0. The van der Waals surface area contributed by atoms with Gasteiger partial charge in [-0.15, -0.1) is 0 Å². The Labute approximate surface area is 108 Å². The molecule has 104 valence electrons. The Morgan fingerprint density at radius 2 is 2.21 bits per heavy atom. The fraction of sp³-hybridized carbons (Fsp3) is 0.417. The molecule has 7 heteroatoms. The molecule has 1 aromatic rings. The lowest BCUT2D eigenvalue weighted by atomic mass is 10.2. The highest BCUT2D eigenvalue weighted by molar-refractivity contribution is 5.91. The number of nitrogens with one attached hydrogen (secondary N) is 2. The predicted octanol–water partition coefficient (Wildman–Crippen LogP) is 2.20. The van der Waals surface area contributed by atoms with E-state index in [-0.39, 0.29) is 17.5 Å². The van der Waals surface area contributed by atoms with Crippen LogP contribution in [0.25, 0.3) is 0 Å². The van der Waals surface area contributed by atoms with Crippen molar-refractivity contribution in [3.05, 3.63) is 24.3 Å². The molecule has 1 saturated heterocycles. The molecular weight excluding hydrogens is 258 g/mol. The highest BCUT2D eigenvalue weighted by Crippen LogP contribution is 2.25. The Morgan fingerprint density at radius 1 is 1.42 bits per heavy atom. The number of halogens is 2. The Kier molecular flexibility index (Phi) is 4.51. The molecule has 1 aliphatic rings. The highest BCUT2D eigenvalue weighted by Gasteiger charge is 2.18. The average molecular weight is 272 g/mol. The molecule has 1 atom stereocenters. The largest absolute Gasteiger partial charge is 0.433 e. The van der Waals surface area contributed by atoms with Gasteiger partial charge < -0.3 is 20.1 Å². The minimum absolute atomic E-state index is 0.0526. The molecule has 19 heavy (non-hydrogen) atoms. The first-order valence-electron chi connectivity index (χ1n) is 5.84. The van der Waals surface area contributed by atoms with Crippen molar-refractivity contribution < 1.29 is 23.0 Å². The molecular formula is C12H14F2N2O3. The SMILES string of the molecule is O=C(Nc1ccccc1OC(F)F)NC1CCOC1. The molecule has 0 saturated carbocycles. The minimum Gasteiger partial charge on any atom is -0.433 e. The van der Waals surface area contributed by atoms with Gasteiger partial charge in [0.1, 0.15) is 5.75 Å². The number of benzene rings is 1. The number of carbonyl (C=O) groups is 1. The lowest BCUT2D eigenvalue weighted by Crippen LogP contribution is -2.38. The molecule has 1 fully saturated rings. The number of hydrogen-bond donors (Lipinski definition) is 2. The first-order chi connectivity index (χ1) is 9.15. The maximum atomic E-state index is 12.2. The molecule has 0 aromatic heterocycles. The number of carbonyl (C=O) groups excluding carboxylic acids is 1. The zero-order valence-corrected chi connectivity index (χ0v) is 10.1. The van der Waals surface area contributed by atoms with Crippen LogP contribution in [0.1, 0.15) is 6.42 Å². The maximum Gasteiger partial charge on any atom is 0.387 e. The zero-order valence-electron chi connectivity index (χ0n) is 10.1. The second-order valence-electron chi connectivity index (χ2n) is 4.03. The molecule has 2 N–H and O–H groups in total. The summed E-state index contributed by atoms with van der Waals surface area (Å²) in [4.78, 5) is 11.7. The fourth-order valence-electron chi connectivity index (χ4n) is 1.76. The summed E-state index contributed by atoms with van der Waals surface area (Å²) in [5.74, 6) is -0.0738. The second kappa shape index (κ2) is 6.33. The first-order valence-corrected chi connectivity index (χ1v) is 5.84. The van der Waals surface area contributed by atoms with Gasteiger partial charge in [-0.25, -0.2) is 4.79 Å². The summed E-state index contributed by atoms with van der Waals surface area (Å²) in [6.45, 7) is -1.87. The number of anilines is 1. The smallest absolute Gasteiger partial charge is 0.387 e. The Bertz CT molecular complexity index is 437. The van der Waals surface area contributed by atoms with Gasteiger partial charge in [0.2, 0.25) is 0 Å². The summed E-state index contributed by atoms with van der Waals surface area (Å²) < 4.78 is 33.8. The Morgan fingerprint density at radius 3 is 2.89 bits per heavy atom. The van der Waals surface area contributed by atoms with Crippen LogP contribution in [-0.4, -0.2) is 31.9 Å². The van der Waals surface area contributed by atoms with E-state index in [1.54, 1.807) is 12.1 Å². The molecule has 1 aromatic carbocycles. The van der Waals surface area contributed by atoms with Gasteiger partial charge in [0.15, 0.2) is 0 Å². The van der Waals surface area contributed by atoms with Gasteiger partial charge in [-0.3, -0.25) is 0 Å². The summed E-state index contributed by atoms with van der Waals surface area (Å²) >= 11 is 0. The fourth-order valence-corrected chi connectivity index (χ4v) is 1.76. The number of urea groups is 1. The van der Waals surface area contributed by atoms with E-state index < -0.39 is 12.6 Å². The Balaban J connectivity index is 1.95. The second-order valence-corrected chi connectivity index (χ2v) is 4.03. The summed E-state index contributed by atoms with van der Waals surface area (Å²) in [6, 6.07) is 5.49. The van der Waals surface area contributed by atoms with Crippen molar-refractivity contribution in [2.75, 3.05) is 18.5 Å². The van der Waals surface area contributed by atoms with Crippen molar-refractivity contribution in [3.8, 4) is 5.75 Å². The van der Waals surface area contributed by atoms with Crippen LogP contribution in [0.15, 0.2) is 24.3 Å². The van der Waals surface area contributed by atoms with Crippen molar-refractivity contribution in [2.24, 2.45) is 0 Å². The molecule has 5 nitrogen and oxygen atoms in total. The monoisotopic (exact) mass is 272 g/mol. The van der Waals surface area contributed by atoms with Gasteiger partial charge in [-0.05, 0) is 18.6 Å². The Hall–Kier alpha value is -1.89. The van der Waals surface area contributed by atoms with Gasteiger partial charge in [0.05, 0.1) is 18.3 Å². The highest BCUT2D eigenvalue weighted by atomic mass is 19.3. The van der Waals surface area contributed by atoms with Gasteiger partial charge in [0, 0.05) is 6.61 Å². The van der Waals surface area contributed by atoms with E-state index in [4.69, 9.17) is 4.74 Å². The van der Waals surface area contributed by atoms with Gasteiger partial charge in [-0.2, -0.15) is 8.78 Å². The van der Waals surface area contributed by atoms with E-state index in [2.05, 4.69) is 15.4 Å². The van der Waals surface area contributed by atoms with Crippen LogP contribution in [0.3, 0.4) is 0 Å². The number of rotatable bonds is 4. The number of para-hydroxylation sites is 2. The van der Waals surface area contributed by atoms with Crippen LogP contribution in [0.4, 0.5) is 19.3 Å². The quantitative estimate of drug-likeness (QED) is 0.883. The van der Waals surface area contributed by atoms with Crippen molar-refractivity contribution in [1.29, 1.82) is 0 Å². The van der Waals surface area contributed by atoms with Gasteiger partial charge >= 0.3 is 12.6 Å². The summed E-state index contributed by atoms with van der Waals surface area (Å²) in [5.41, 5.74) is 0.194. The number of hydrogen-bond acceptors (Lipinski definition) is 3. The zero-order chi connectivity index (χ0) is 13.7. The molecule has 0 radical (unpaired) electrons. The van der Waals surface area contributed by atoms with E-state index in [9.17, 15) is 13.6 Å². The van der Waals surface area contributed by atoms with E-state index in [0.29, 0.717) is 13.2 Å². The third-order valence-electron chi connectivity index (χ3n) is 2.62. The number of ether oxygens (including phenoxy) is 2. The lowest BCUT2D eigenvalue weighted by Gasteiger charge is -2.14. The van der Waals surface area contributed by atoms with E-state index in [1.165, 1.54) is 12.1 Å². The molecule has 2 amide bonds. The molecule has 1 aliphatic heterocycles. The molecule has 2 rings (SSSR count). The molecule has 1 unspecified atom stereocenters. The van der Waals surface area contributed by atoms with E-state index in [0.717, 1.165) is 6.42 Å². The molecule has 0 aliphatic carbocycles. The normalized spacial score (nSPS) is 18.4. The first kappa shape index (κ1) is 13.5. The minimum atomic E-state index is -2.94. The van der Waals surface area contributed by atoms with Crippen LogP contribution in [0, 0.1) is 0 Å². The summed E-state index contributed by atoms with van der Waals surface area (Å²) in [5, 5.41) is 5.17. The topological polar surface area (TPSA) is 59.6 Å². The van der Waals surface area contributed by atoms with Crippen molar-refractivity contribution >= 4 is 11.7 Å². The van der Waals surface area contributed by atoms with E-state index in [1.807, 2.05) is 0 Å². The van der Waals surface area contributed by atoms with Gasteiger partial charge in [0.25, 0.3) is 0 Å². The van der Waals surface area contributed by atoms with Gasteiger partial charge in [-0.1, -0.05) is 12.1 Å². The third-order valence-corrected chi connectivity index (χ3v) is 2.62. The van der Waals surface area contributed by atoms with E-state index >= 15 is 0 Å². The van der Waals surface area contributed by atoms with Crippen LogP contribution >= 0.6 is 0 Å². The van der Waals surface area contributed by atoms with Crippen LogP contribution in [0.5, 0.6) is 5.75 Å². The van der Waals surface area contributed by atoms with Crippen LogP contribution in [-0.2, 0) is 4.74 Å². The van der Waals surface area contributed by atoms with Crippen molar-refractivity contribution in [3.63, 3.8) is 0 Å². The number of alkyl halides is 2. The molecule has 1 heterocycles. The number of amides is 2. The predicted molar refractivity (Wildman–Crippen MR) is 64.5 cm³/mol. The maximum absolute atomic E-state index is 12.2. The average Bonchev–Trinajstić information content (AvgIpc) is 2.83. The standard InChI is InChI=1S/C12H14F2N2O3/c13-11(14)19-10-4-2-1-3-9(10)16-12(17)15-8-5-6-18-7-8/h1-4,8,11H,5-7H2,(H2,15,16,17). The van der Waals surface area contributed by atoms with Crippen molar-refractivity contribution in [2.45, 2.75) is 19.1 Å². The van der Waals surface area contributed by atoms with Crippen molar-refractivity contribution in [1.82, 2.24) is 5.32 Å². The molecule has 0 bridgehead atoms.